The first-order valence-electron chi connectivity index (χ1n) is 29.3. The third-order valence-corrected chi connectivity index (χ3v) is 13.4. The molecular weight excluding hydrogens is 918 g/mol. The number of carbonyl (C=O) groups excluding carboxylic acids is 2. The number of unbranched alkanes of at least 4 members (excludes halogenated alkanes) is 25. The SMILES string of the molecule is CC/C=C\C/C=C\C/C=C\C/C=C\C/C=C\C/C=C\CCC(=O)OC(COC(=O)CCCCCCCCCCCCCCCCCCC/C=C\CCCCCCCCCC)COP(=O)(O)OCC[N+](C)(C)C. The fourth-order valence-corrected chi connectivity index (χ4v) is 8.66. The van der Waals surface area contributed by atoms with Gasteiger partial charge in [0.25, 0.3) is 0 Å². The van der Waals surface area contributed by atoms with E-state index in [4.69, 9.17) is 18.5 Å². The number of likely N-dealkylation sites (N-methyl/N-ethyl adjacent to an activating group) is 1. The monoisotopic (exact) mass is 1030 g/mol. The van der Waals surface area contributed by atoms with E-state index >= 15 is 0 Å². The number of allylic oxidation sites excluding steroid dienone is 14. The summed E-state index contributed by atoms with van der Waals surface area (Å²) in [5.74, 6) is -0.893. The molecule has 2 unspecified atom stereocenters. The maximum Gasteiger partial charge on any atom is 0.472 e. The zero-order chi connectivity index (χ0) is 52.7. The molecule has 10 heteroatoms. The molecule has 0 fully saturated rings. The van der Waals surface area contributed by atoms with Gasteiger partial charge in [-0.25, -0.2) is 4.57 Å². The fraction of sp³-hybridized carbons (Fsp3) is 0.742. The average Bonchev–Trinajstić information content (AvgIpc) is 3.34. The van der Waals surface area contributed by atoms with Gasteiger partial charge in [-0.1, -0.05) is 240 Å². The molecule has 0 saturated carbocycles. The van der Waals surface area contributed by atoms with Gasteiger partial charge >= 0.3 is 19.8 Å². The Morgan fingerprint density at radius 1 is 0.444 bits per heavy atom. The van der Waals surface area contributed by atoms with Gasteiger partial charge < -0.3 is 18.9 Å². The second-order valence-electron chi connectivity index (χ2n) is 20.6. The Morgan fingerprint density at radius 3 is 1.24 bits per heavy atom. The second kappa shape index (κ2) is 53.0. The van der Waals surface area contributed by atoms with E-state index in [-0.39, 0.29) is 32.0 Å². The highest BCUT2D eigenvalue weighted by Gasteiger charge is 2.27. The number of nitrogens with zero attached hydrogens (tertiary/aromatic N) is 1. The van der Waals surface area contributed by atoms with Crippen molar-refractivity contribution < 1.29 is 42.1 Å². The average molecular weight is 1030 g/mol. The van der Waals surface area contributed by atoms with Crippen LogP contribution in [0, 0.1) is 0 Å². The highest BCUT2D eigenvalue weighted by molar-refractivity contribution is 7.47. The molecule has 0 aromatic carbocycles. The lowest BCUT2D eigenvalue weighted by Gasteiger charge is -2.24. The summed E-state index contributed by atoms with van der Waals surface area (Å²) >= 11 is 0. The summed E-state index contributed by atoms with van der Waals surface area (Å²) in [7, 11) is 1.43. The van der Waals surface area contributed by atoms with Crippen molar-refractivity contribution >= 4 is 19.8 Å². The van der Waals surface area contributed by atoms with Crippen molar-refractivity contribution in [2.24, 2.45) is 0 Å². The summed E-state index contributed by atoms with van der Waals surface area (Å²) in [4.78, 5) is 35.6. The van der Waals surface area contributed by atoms with Crippen molar-refractivity contribution in [2.75, 3.05) is 47.5 Å². The number of phosphoric acid groups is 1. The summed E-state index contributed by atoms with van der Waals surface area (Å²) in [6.07, 6.45) is 71.1. The maximum absolute atomic E-state index is 12.7. The van der Waals surface area contributed by atoms with Crippen LogP contribution in [0.1, 0.15) is 245 Å². The van der Waals surface area contributed by atoms with Crippen molar-refractivity contribution in [3.05, 3.63) is 85.1 Å². The van der Waals surface area contributed by atoms with Gasteiger partial charge in [0.15, 0.2) is 6.10 Å². The predicted octanol–water partition coefficient (Wildman–Crippen LogP) is 18.3. The van der Waals surface area contributed by atoms with Crippen molar-refractivity contribution in [1.29, 1.82) is 0 Å². The van der Waals surface area contributed by atoms with Crippen LogP contribution in [0.2, 0.25) is 0 Å². The number of carbonyl (C=O) groups is 2. The Labute approximate surface area is 443 Å². The molecule has 0 aromatic heterocycles. The van der Waals surface area contributed by atoms with Gasteiger partial charge in [-0.2, -0.15) is 0 Å². The van der Waals surface area contributed by atoms with Crippen molar-refractivity contribution in [1.82, 2.24) is 0 Å². The van der Waals surface area contributed by atoms with E-state index in [1.807, 2.05) is 33.3 Å². The minimum Gasteiger partial charge on any atom is -0.462 e. The molecule has 0 bridgehead atoms. The minimum atomic E-state index is -4.41. The van der Waals surface area contributed by atoms with E-state index in [0.29, 0.717) is 17.4 Å². The topological polar surface area (TPSA) is 108 Å². The van der Waals surface area contributed by atoms with E-state index in [2.05, 4.69) is 86.8 Å². The van der Waals surface area contributed by atoms with E-state index < -0.39 is 26.5 Å². The third-order valence-electron chi connectivity index (χ3n) is 12.4. The number of ether oxygens (including phenoxy) is 2. The van der Waals surface area contributed by atoms with Crippen LogP contribution in [0.25, 0.3) is 0 Å². The van der Waals surface area contributed by atoms with Gasteiger partial charge in [0.2, 0.25) is 0 Å². The molecule has 1 N–H and O–H groups in total. The van der Waals surface area contributed by atoms with Crippen LogP contribution in [0.15, 0.2) is 85.1 Å². The quantitative estimate of drug-likeness (QED) is 0.0211. The van der Waals surface area contributed by atoms with E-state index in [1.165, 1.54) is 154 Å². The Bertz CT molecular complexity index is 1490. The molecule has 72 heavy (non-hydrogen) atoms. The molecule has 0 rings (SSSR count). The Kier molecular flexibility index (Phi) is 51.0. The molecule has 0 saturated heterocycles. The summed E-state index contributed by atoms with van der Waals surface area (Å²) in [6.45, 7) is 4.24. The highest BCUT2D eigenvalue weighted by atomic mass is 31.2. The molecule has 0 amide bonds. The standard InChI is InChI=1S/C62H110NO8P/c1-6-8-10-12-14-16-18-20-22-24-26-27-28-29-30-31-32-33-34-35-37-38-40-42-44-46-48-50-52-54-61(64)68-58-60(59-70-72(66,67)69-57-56-63(3,4)5)71-62(65)55-53-51-49-47-45-43-41-39-36-25-23-21-19-17-15-13-11-9-7-2/h9,11,15,17,21,23-24,26,36,39,43,45,49,51,60H,6-8,10,12-14,16,18-20,22,25,27-35,37-38,40-42,44,46-48,50,52-59H2,1-5H3/p+1/b11-9-,17-15-,23-21-,26-24-,39-36-,45-43-,51-49-. The maximum atomic E-state index is 12.7. The van der Waals surface area contributed by atoms with Crippen molar-refractivity contribution in [3.63, 3.8) is 0 Å². The zero-order valence-electron chi connectivity index (χ0n) is 47.1. The van der Waals surface area contributed by atoms with Gasteiger partial charge in [-0.15, -0.1) is 0 Å². The first-order valence-corrected chi connectivity index (χ1v) is 30.8. The molecule has 0 heterocycles. The Hall–Kier alpha value is -2.81. The number of esters is 2. The van der Waals surface area contributed by atoms with Gasteiger partial charge in [-0.3, -0.25) is 18.6 Å². The van der Waals surface area contributed by atoms with Crippen LogP contribution < -0.4 is 0 Å². The van der Waals surface area contributed by atoms with Gasteiger partial charge in [0.05, 0.1) is 27.7 Å². The molecule has 0 aromatic rings. The molecular formula is C62H111NO8P+. The predicted molar refractivity (Wildman–Crippen MR) is 307 cm³/mol. The van der Waals surface area contributed by atoms with Crippen LogP contribution in [0.5, 0.6) is 0 Å². The molecule has 2 atom stereocenters. The highest BCUT2D eigenvalue weighted by Crippen LogP contribution is 2.43. The van der Waals surface area contributed by atoms with Gasteiger partial charge in [0.1, 0.15) is 19.8 Å². The van der Waals surface area contributed by atoms with Crippen LogP contribution in [-0.2, 0) is 32.7 Å². The van der Waals surface area contributed by atoms with E-state index in [9.17, 15) is 19.0 Å². The molecule has 0 aliphatic carbocycles. The number of phosphoric ester groups is 1. The minimum absolute atomic E-state index is 0.0151. The summed E-state index contributed by atoms with van der Waals surface area (Å²) in [6, 6.07) is 0. The summed E-state index contributed by atoms with van der Waals surface area (Å²) in [5.41, 5.74) is 0. The molecule has 0 aliphatic heterocycles. The van der Waals surface area contributed by atoms with E-state index in [0.717, 1.165) is 57.8 Å². The van der Waals surface area contributed by atoms with Crippen LogP contribution in [-0.4, -0.2) is 74.9 Å². The molecule has 0 radical (unpaired) electrons. The van der Waals surface area contributed by atoms with Crippen molar-refractivity contribution in [3.8, 4) is 0 Å². The number of quaternary nitrogens is 1. The fourth-order valence-electron chi connectivity index (χ4n) is 7.92. The first kappa shape index (κ1) is 69.2. The smallest absolute Gasteiger partial charge is 0.462 e. The Balaban J connectivity index is 4.17. The van der Waals surface area contributed by atoms with E-state index in [1.54, 1.807) is 0 Å². The third kappa shape index (κ3) is 56.5. The largest absolute Gasteiger partial charge is 0.472 e. The Morgan fingerprint density at radius 2 is 0.819 bits per heavy atom. The summed E-state index contributed by atoms with van der Waals surface area (Å²) in [5, 5.41) is 0. The van der Waals surface area contributed by atoms with Crippen LogP contribution >= 0.6 is 7.82 Å². The zero-order valence-corrected chi connectivity index (χ0v) is 48.0. The molecule has 0 aliphatic rings. The molecule has 416 valence electrons. The second-order valence-corrected chi connectivity index (χ2v) is 22.1. The van der Waals surface area contributed by atoms with Crippen LogP contribution in [0.4, 0.5) is 0 Å². The van der Waals surface area contributed by atoms with Crippen LogP contribution in [0.3, 0.4) is 0 Å². The molecule has 0 spiro atoms. The van der Waals surface area contributed by atoms with Crippen molar-refractivity contribution in [2.45, 2.75) is 251 Å². The van der Waals surface area contributed by atoms with Gasteiger partial charge in [0, 0.05) is 12.8 Å². The molecule has 9 nitrogen and oxygen atoms in total. The number of hydrogen-bond acceptors (Lipinski definition) is 7. The number of rotatable bonds is 53. The first-order chi connectivity index (χ1) is 35.0. The lowest BCUT2D eigenvalue weighted by molar-refractivity contribution is -0.870. The lowest BCUT2D eigenvalue weighted by Crippen LogP contribution is -2.37. The number of hydrogen-bond donors (Lipinski definition) is 1. The lowest BCUT2D eigenvalue weighted by atomic mass is 10.0. The van der Waals surface area contributed by atoms with Gasteiger partial charge in [-0.05, 0) is 77.0 Å². The summed E-state index contributed by atoms with van der Waals surface area (Å²) < 4.78 is 34.4. The normalized spacial score (nSPS) is 13.9.